The second kappa shape index (κ2) is 4.19. The van der Waals surface area contributed by atoms with E-state index in [9.17, 15) is 0 Å². The Morgan fingerprint density at radius 3 is 1.65 bits per heavy atom. The smallest absolute Gasteiger partial charge is 0.203 e. The third-order valence-electron chi connectivity index (χ3n) is 3.04. The first-order valence-corrected chi connectivity index (χ1v) is 7.03. The summed E-state index contributed by atoms with van der Waals surface area (Å²) in [5.74, 6) is 0.917. The van der Waals surface area contributed by atoms with E-state index in [1.54, 1.807) is 0 Å². The molecule has 0 amide bonds. The van der Waals surface area contributed by atoms with Crippen molar-refractivity contribution in [2.75, 3.05) is 11.5 Å². The van der Waals surface area contributed by atoms with Crippen molar-refractivity contribution < 1.29 is 0 Å². The van der Waals surface area contributed by atoms with E-state index in [-0.39, 0.29) is 0 Å². The Labute approximate surface area is 106 Å². The van der Waals surface area contributed by atoms with E-state index in [0.29, 0.717) is 22.1 Å². The maximum atomic E-state index is 5.60. The van der Waals surface area contributed by atoms with E-state index in [1.165, 1.54) is 22.7 Å². The number of anilines is 2. The van der Waals surface area contributed by atoms with E-state index in [0.717, 1.165) is 29.3 Å². The average Bonchev–Trinajstić information content (AvgIpc) is 2.96. The van der Waals surface area contributed by atoms with Crippen LogP contribution in [0.15, 0.2) is 0 Å². The fourth-order valence-corrected chi connectivity index (χ4v) is 3.77. The summed E-state index contributed by atoms with van der Waals surface area (Å²) >= 11 is 2.97. The van der Waals surface area contributed by atoms with Crippen molar-refractivity contribution in [2.45, 2.75) is 31.1 Å². The van der Waals surface area contributed by atoms with Crippen molar-refractivity contribution in [2.24, 2.45) is 0 Å². The molecule has 2 heterocycles. The predicted octanol–water partition coefficient (Wildman–Crippen LogP) is 1.61. The Balaban J connectivity index is 1.73. The average molecular weight is 268 g/mol. The van der Waals surface area contributed by atoms with Crippen LogP contribution >= 0.6 is 22.7 Å². The van der Waals surface area contributed by atoms with Crippen molar-refractivity contribution >= 4 is 32.9 Å². The topological polar surface area (TPSA) is 104 Å². The normalized spacial score (nSPS) is 24.2. The Hall–Kier alpha value is -1.28. The van der Waals surface area contributed by atoms with E-state index in [1.807, 2.05) is 0 Å². The lowest BCUT2D eigenvalue weighted by Crippen LogP contribution is -1.95. The molecule has 2 atom stereocenters. The van der Waals surface area contributed by atoms with Gasteiger partial charge in [0.25, 0.3) is 0 Å². The van der Waals surface area contributed by atoms with Crippen LogP contribution in [0.2, 0.25) is 0 Å². The molecule has 0 radical (unpaired) electrons. The Morgan fingerprint density at radius 2 is 1.29 bits per heavy atom. The van der Waals surface area contributed by atoms with Gasteiger partial charge in [0, 0.05) is 11.8 Å². The first kappa shape index (κ1) is 10.8. The van der Waals surface area contributed by atoms with Crippen LogP contribution in [-0.2, 0) is 0 Å². The molecule has 0 aromatic carbocycles. The van der Waals surface area contributed by atoms with Gasteiger partial charge in [-0.05, 0) is 19.3 Å². The zero-order chi connectivity index (χ0) is 11.8. The molecule has 6 nitrogen and oxygen atoms in total. The maximum Gasteiger partial charge on any atom is 0.203 e. The summed E-state index contributed by atoms with van der Waals surface area (Å²) in [6, 6.07) is 0. The third kappa shape index (κ3) is 2.09. The van der Waals surface area contributed by atoms with Gasteiger partial charge in [-0.3, -0.25) is 0 Å². The molecule has 0 spiro atoms. The summed E-state index contributed by atoms with van der Waals surface area (Å²) in [5.41, 5.74) is 11.2. The number of nitrogen functional groups attached to an aromatic ring is 2. The van der Waals surface area contributed by atoms with Gasteiger partial charge >= 0.3 is 0 Å². The molecule has 2 aromatic rings. The van der Waals surface area contributed by atoms with Crippen LogP contribution in [0.25, 0.3) is 0 Å². The quantitative estimate of drug-likeness (QED) is 0.857. The summed E-state index contributed by atoms with van der Waals surface area (Å²) in [4.78, 5) is 0. The molecular formula is C9H12N6S2. The highest BCUT2D eigenvalue weighted by Gasteiger charge is 2.31. The number of nitrogens with zero attached hydrogens (tertiary/aromatic N) is 4. The second-order valence-corrected chi connectivity index (χ2v) is 6.25. The summed E-state index contributed by atoms with van der Waals surface area (Å²) in [6.07, 6.45) is 3.26. The summed E-state index contributed by atoms with van der Waals surface area (Å²) in [7, 11) is 0. The molecule has 8 heteroatoms. The Bertz CT molecular complexity index is 475. The van der Waals surface area contributed by atoms with Gasteiger partial charge in [-0.25, -0.2) is 0 Å². The Morgan fingerprint density at radius 1 is 0.824 bits per heavy atom. The van der Waals surface area contributed by atoms with Crippen molar-refractivity contribution in [3.05, 3.63) is 10.0 Å². The summed E-state index contributed by atoms with van der Waals surface area (Å²) in [6.45, 7) is 0. The van der Waals surface area contributed by atoms with E-state index >= 15 is 0 Å². The molecule has 0 saturated heterocycles. The third-order valence-corrected chi connectivity index (χ3v) is 4.87. The zero-order valence-corrected chi connectivity index (χ0v) is 10.7. The highest BCUT2D eigenvalue weighted by molar-refractivity contribution is 7.15. The van der Waals surface area contributed by atoms with Gasteiger partial charge in [-0.15, -0.1) is 20.4 Å². The lowest BCUT2D eigenvalue weighted by molar-refractivity contribution is 0.667. The van der Waals surface area contributed by atoms with Crippen LogP contribution in [-0.4, -0.2) is 20.4 Å². The van der Waals surface area contributed by atoms with Gasteiger partial charge in [-0.2, -0.15) is 0 Å². The fourth-order valence-electron chi connectivity index (χ4n) is 2.25. The minimum absolute atomic E-state index is 0.458. The molecule has 1 aliphatic carbocycles. The molecular weight excluding hydrogens is 256 g/mol. The molecule has 2 unspecified atom stereocenters. The zero-order valence-electron chi connectivity index (χ0n) is 9.04. The van der Waals surface area contributed by atoms with Crippen LogP contribution in [0.4, 0.5) is 10.3 Å². The predicted molar refractivity (Wildman–Crippen MR) is 68.0 cm³/mol. The SMILES string of the molecule is Nc1nnc(C2CCC(c3nnc(N)s3)C2)s1. The monoisotopic (exact) mass is 268 g/mol. The van der Waals surface area contributed by atoms with E-state index in [2.05, 4.69) is 20.4 Å². The number of hydrogen-bond donors (Lipinski definition) is 2. The summed E-state index contributed by atoms with van der Waals surface area (Å²) < 4.78 is 0. The largest absolute Gasteiger partial charge is 0.374 e. The molecule has 90 valence electrons. The lowest BCUT2D eigenvalue weighted by atomic mass is 10.1. The molecule has 1 saturated carbocycles. The van der Waals surface area contributed by atoms with Gasteiger partial charge in [0.2, 0.25) is 10.3 Å². The van der Waals surface area contributed by atoms with Crippen LogP contribution in [0, 0.1) is 0 Å². The molecule has 1 aliphatic rings. The fraction of sp³-hybridized carbons (Fsp3) is 0.556. The van der Waals surface area contributed by atoms with Gasteiger partial charge in [0.15, 0.2) is 0 Å². The van der Waals surface area contributed by atoms with Crippen LogP contribution < -0.4 is 11.5 Å². The molecule has 4 N–H and O–H groups in total. The van der Waals surface area contributed by atoms with Gasteiger partial charge in [-0.1, -0.05) is 22.7 Å². The number of aromatic nitrogens is 4. The van der Waals surface area contributed by atoms with Crippen LogP contribution in [0.1, 0.15) is 41.1 Å². The highest BCUT2D eigenvalue weighted by Crippen LogP contribution is 2.45. The first-order valence-electron chi connectivity index (χ1n) is 5.40. The van der Waals surface area contributed by atoms with Crippen LogP contribution in [0.3, 0.4) is 0 Å². The molecule has 2 aromatic heterocycles. The maximum absolute atomic E-state index is 5.60. The number of nitrogens with two attached hydrogens (primary N) is 2. The molecule has 1 fully saturated rings. The highest BCUT2D eigenvalue weighted by atomic mass is 32.1. The van der Waals surface area contributed by atoms with Crippen molar-refractivity contribution in [1.82, 2.24) is 20.4 Å². The molecule has 0 bridgehead atoms. The van der Waals surface area contributed by atoms with Gasteiger partial charge in [0.05, 0.1) is 0 Å². The lowest BCUT2D eigenvalue weighted by Gasteiger charge is -2.04. The summed E-state index contributed by atoms with van der Waals surface area (Å²) in [5, 5.41) is 19.1. The molecule has 0 aliphatic heterocycles. The minimum Gasteiger partial charge on any atom is -0.374 e. The minimum atomic E-state index is 0.458. The first-order chi connectivity index (χ1) is 8.22. The number of hydrogen-bond acceptors (Lipinski definition) is 8. The van der Waals surface area contributed by atoms with E-state index in [4.69, 9.17) is 11.5 Å². The van der Waals surface area contributed by atoms with Gasteiger partial charge in [0.1, 0.15) is 10.0 Å². The number of rotatable bonds is 2. The van der Waals surface area contributed by atoms with Crippen molar-refractivity contribution in [1.29, 1.82) is 0 Å². The van der Waals surface area contributed by atoms with Crippen molar-refractivity contribution in [3.63, 3.8) is 0 Å². The van der Waals surface area contributed by atoms with Gasteiger partial charge < -0.3 is 11.5 Å². The standard InChI is InChI=1S/C9H12N6S2/c10-8-14-12-6(16-8)4-1-2-5(3-4)7-13-15-9(11)17-7/h4-5H,1-3H2,(H2,10,14)(H2,11,15). The Kier molecular flexibility index (Phi) is 2.67. The second-order valence-electron chi connectivity index (χ2n) is 4.16. The van der Waals surface area contributed by atoms with Crippen LogP contribution in [0.5, 0.6) is 0 Å². The van der Waals surface area contributed by atoms with E-state index < -0.39 is 0 Å². The molecule has 3 rings (SSSR count). The van der Waals surface area contributed by atoms with Crippen molar-refractivity contribution in [3.8, 4) is 0 Å². The molecule has 17 heavy (non-hydrogen) atoms.